The molecule has 2 aliphatic rings. The Balaban J connectivity index is 1.21. The summed E-state index contributed by atoms with van der Waals surface area (Å²) in [4.78, 5) is 28.6. The van der Waals surface area contributed by atoms with Crippen LogP contribution in [0.1, 0.15) is 23.2 Å². The first kappa shape index (κ1) is 21.2. The molecule has 0 spiro atoms. The molecule has 33 heavy (non-hydrogen) atoms. The molecule has 0 saturated carbocycles. The van der Waals surface area contributed by atoms with Crippen LogP contribution in [0.5, 0.6) is 11.5 Å². The van der Waals surface area contributed by atoms with Gasteiger partial charge in [0.25, 0.3) is 5.91 Å². The zero-order valence-electron chi connectivity index (χ0n) is 18.4. The largest absolute Gasteiger partial charge is 0.457 e. The molecule has 170 valence electrons. The highest BCUT2D eigenvalue weighted by Gasteiger charge is 2.24. The Morgan fingerprint density at radius 3 is 2.36 bits per heavy atom. The van der Waals surface area contributed by atoms with Crippen LogP contribution in [-0.4, -0.2) is 60.0 Å². The third-order valence-corrected chi connectivity index (χ3v) is 6.04. The summed E-state index contributed by atoms with van der Waals surface area (Å²) in [5, 5.41) is 0. The van der Waals surface area contributed by atoms with Crippen LogP contribution in [0.25, 0.3) is 0 Å². The van der Waals surface area contributed by atoms with Crippen LogP contribution >= 0.6 is 0 Å². The molecule has 2 aromatic carbocycles. The molecule has 0 unspecified atom stereocenters. The molecule has 0 N–H and O–H groups in total. The third kappa shape index (κ3) is 4.89. The van der Waals surface area contributed by atoms with Crippen molar-refractivity contribution in [2.75, 3.05) is 49.1 Å². The number of anilines is 2. The highest BCUT2D eigenvalue weighted by Crippen LogP contribution is 2.24. The molecule has 5 rings (SSSR count). The van der Waals surface area contributed by atoms with E-state index in [2.05, 4.69) is 14.8 Å². The molecule has 3 aromatic rings. The molecule has 1 aromatic heterocycles. The minimum atomic E-state index is -0.320. The van der Waals surface area contributed by atoms with Crippen molar-refractivity contribution in [1.29, 1.82) is 0 Å². The molecule has 0 atom stereocenters. The van der Waals surface area contributed by atoms with Gasteiger partial charge in [0.1, 0.15) is 23.1 Å². The zero-order chi connectivity index (χ0) is 22.6. The maximum atomic E-state index is 13.1. The second-order valence-electron chi connectivity index (χ2n) is 8.27. The van der Waals surface area contributed by atoms with Crippen LogP contribution < -0.4 is 14.5 Å². The van der Waals surface area contributed by atoms with E-state index in [9.17, 15) is 9.18 Å². The molecule has 2 aliphatic heterocycles. The van der Waals surface area contributed by atoms with Crippen molar-refractivity contribution in [3.05, 3.63) is 72.2 Å². The molecular weight excluding hydrogens is 421 g/mol. The van der Waals surface area contributed by atoms with Crippen LogP contribution in [0, 0.1) is 5.82 Å². The fourth-order valence-electron chi connectivity index (χ4n) is 4.24. The van der Waals surface area contributed by atoms with Crippen molar-refractivity contribution in [2.24, 2.45) is 0 Å². The van der Waals surface area contributed by atoms with E-state index in [4.69, 9.17) is 9.72 Å². The summed E-state index contributed by atoms with van der Waals surface area (Å²) < 4.78 is 18.9. The number of ether oxygens (including phenoxy) is 1. The number of nitrogens with zero attached hydrogens (tertiary/aromatic N) is 5. The van der Waals surface area contributed by atoms with Crippen molar-refractivity contribution < 1.29 is 13.9 Å². The average Bonchev–Trinajstić information content (AvgIpc) is 3.41. The maximum Gasteiger partial charge on any atom is 0.254 e. The van der Waals surface area contributed by atoms with Crippen LogP contribution in [0.3, 0.4) is 0 Å². The first-order valence-electron chi connectivity index (χ1n) is 11.3. The molecule has 0 radical (unpaired) electrons. The number of amides is 1. The van der Waals surface area contributed by atoms with E-state index in [1.165, 1.54) is 25.0 Å². The number of aromatic nitrogens is 2. The number of benzene rings is 2. The van der Waals surface area contributed by atoms with Gasteiger partial charge in [-0.2, -0.15) is 4.98 Å². The quantitative estimate of drug-likeness (QED) is 0.590. The minimum absolute atomic E-state index is 0.0281. The number of hydrogen-bond donors (Lipinski definition) is 0. The Kier molecular flexibility index (Phi) is 6.06. The van der Waals surface area contributed by atoms with Gasteiger partial charge in [-0.1, -0.05) is 6.07 Å². The molecular formula is C25H26FN5O2. The predicted molar refractivity (Wildman–Crippen MR) is 125 cm³/mol. The van der Waals surface area contributed by atoms with E-state index >= 15 is 0 Å². The maximum absolute atomic E-state index is 13.1. The van der Waals surface area contributed by atoms with Crippen LogP contribution in [0.15, 0.2) is 60.8 Å². The topological polar surface area (TPSA) is 61.8 Å². The predicted octanol–water partition coefficient (Wildman–Crippen LogP) is 3.97. The fourth-order valence-corrected chi connectivity index (χ4v) is 4.24. The number of rotatable bonds is 5. The van der Waals surface area contributed by atoms with Gasteiger partial charge in [0.15, 0.2) is 0 Å². The second-order valence-corrected chi connectivity index (χ2v) is 8.27. The molecule has 7 nitrogen and oxygen atoms in total. The van der Waals surface area contributed by atoms with Crippen molar-refractivity contribution in [3.63, 3.8) is 0 Å². The smallest absolute Gasteiger partial charge is 0.254 e. The van der Waals surface area contributed by atoms with E-state index in [-0.39, 0.29) is 11.7 Å². The number of halogens is 1. The molecule has 2 fully saturated rings. The van der Waals surface area contributed by atoms with E-state index in [0.717, 1.165) is 24.9 Å². The molecule has 0 bridgehead atoms. The number of piperazine rings is 1. The van der Waals surface area contributed by atoms with Crippen LogP contribution in [0.2, 0.25) is 0 Å². The number of hydrogen-bond acceptors (Lipinski definition) is 6. The standard InChI is InChI=1S/C25H26FN5O2/c26-20-6-8-21(9-7-20)33-22-5-3-4-19(18-22)24(32)30-16-14-29(15-17-30)23-10-11-27-25(28-23)31-12-1-2-13-31/h3-11,18H,1-2,12-17H2. The van der Waals surface area contributed by atoms with E-state index in [1.54, 1.807) is 36.4 Å². The lowest BCUT2D eigenvalue weighted by Crippen LogP contribution is -2.49. The Morgan fingerprint density at radius 1 is 0.848 bits per heavy atom. The van der Waals surface area contributed by atoms with Gasteiger partial charge in [-0.05, 0) is 61.4 Å². The summed E-state index contributed by atoms with van der Waals surface area (Å²) in [5.74, 6) is 2.42. The molecule has 3 heterocycles. The third-order valence-electron chi connectivity index (χ3n) is 6.04. The van der Waals surface area contributed by atoms with Crippen molar-refractivity contribution in [2.45, 2.75) is 12.8 Å². The lowest BCUT2D eigenvalue weighted by molar-refractivity contribution is 0.0746. The van der Waals surface area contributed by atoms with Gasteiger partial charge < -0.3 is 19.4 Å². The second kappa shape index (κ2) is 9.44. The fraction of sp³-hybridized carbons (Fsp3) is 0.320. The zero-order valence-corrected chi connectivity index (χ0v) is 18.4. The molecule has 0 aliphatic carbocycles. The summed E-state index contributed by atoms with van der Waals surface area (Å²) in [5.41, 5.74) is 0.571. The lowest BCUT2D eigenvalue weighted by Gasteiger charge is -2.35. The van der Waals surface area contributed by atoms with Gasteiger partial charge in [-0.25, -0.2) is 9.37 Å². The summed E-state index contributed by atoms with van der Waals surface area (Å²) in [6, 6.07) is 14.8. The average molecular weight is 448 g/mol. The molecule has 1 amide bonds. The Bertz CT molecular complexity index is 1110. The Labute approximate surface area is 192 Å². The number of carbonyl (C=O) groups is 1. The minimum Gasteiger partial charge on any atom is -0.457 e. The summed E-state index contributed by atoms with van der Waals surface area (Å²) >= 11 is 0. The first-order valence-corrected chi connectivity index (χ1v) is 11.3. The van der Waals surface area contributed by atoms with Crippen LogP contribution in [0.4, 0.5) is 16.2 Å². The molecule has 2 saturated heterocycles. The SMILES string of the molecule is O=C(c1cccc(Oc2ccc(F)cc2)c1)N1CCN(c2ccnc(N3CCCC3)n2)CC1. The van der Waals surface area contributed by atoms with Crippen molar-refractivity contribution >= 4 is 17.7 Å². The van der Waals surface area contributed by atoms with Crippen molar-refractivity contribution in [1.82, 2.24) is 14.9 Å². The van der Waals surface area contributed by atoms with E-state index in [1.807, 2.05) is 17.2 Å². The van der Waals surface area contributed by atoms with Gasteiger partial charge in [0.05, 0.1) is 0 Å². The highest BCUT2D eigenvalue weighted by molar-refractivity contribution is 5.94. The molecule has 8 heteroatoms. The summed E-state index contributed by atoms with van der Waals surface area (Å²) in [6.45, 7) is 4.68. The van der Waals surface area contributed by atoms with E-state index < -0.39 is 0 Å². The van der Waals surface area contributed by atoms with Gasteiger partial charge >= 0.3 is 0 Å². The monoisotopic (exact) mass is 447 g/mol. The van der Waals surface area contributed by atoms with Gasteiger partial charge in [0.2, 0.25) is 5.95 Å². The normalized spacial score (nSPS) is 16.2. The summed E-state index contributed by atoms with van der Waals surface area (Å²) in [6.07, 6.45) is 4.19. The van der Waals surface area contributed by atoms with Gasteiger partial charge in [-0.15, -0.1) is 0 Å². The van der Waals surface area contributed by atoms with E-state index in [0.29, 0.717) is 43.2 Å². The lowest BCUT2D eigenvalue weighted by atomic mass is 10.1. The van der Waals surface area contributed by atoms with Crippen LogP contribution in [-0.2, 0) is 0 Å². The summed E-state index contributed by atoms with van der Waals surface area (Å²) in [7, 11) is 0. The Hall–Kier alpha value is -3.68. The van der Waals surface area contributed by atoms with Gasteiger partial charge in [-0.3, -0.25) is 4.79 Å². The first-order chi connectivity index (χ1) is 16.2. The number of carbonyl (C=O) groups excluding carboxylic acids is 1. The van der Waals surface area contributed by atoms with Crippen molar-refractivity contribution in [3.8, 4) is 11.5 Å². The highest BCUT2D eigenvalue weighted by atomic mass is 19.1. The Morgan fingerprint density at radius 2 is 1.61 bits per heavy atom. The van der Waals surface area contributed by atoms with Gasteiger partial charge in [0, 0.05) is 51.0 Å².